The first-order valence-electron chi connectivity index (χ1n) is 6.03. The van der Waals surface area contributed by atoms with Crippen LogP contribution < -0.4 is 4.90 Å². The molecule has 0 unspecified atom stereocenters. The van der Waals surface area contributed by atoms with Gasteiger partial charge in [0.1, 0.15) is 5.69 Å². The highest BCUT2D eigenvalue weighted by molar-refractivity contribution is 9.10. The van der Waals surface area contributed by atoms with E-state index in [2.05, 4.69) is 22.5 Å². The van der Waals surface area contributed by atoms with Gasteiger partial charge in [0, 0.05) is 19.5 Å². The third-order valence-electron chi connectivity index (χ3n) is 3.00. The first-order valence-corrected chi connectivity index (χ1v) is 6.82. The molecule has 0 heterocycles. The maximum absolute atomic E-state index is 11.8. The van der Waals surface area contributed by atoms with Crippen molar-refractivity contribution in [2.75, 3.05) is 11.4 Å². The van der Waals surface area contributed by atoms with E-state index in [-0.39, 0.29) is 23.8 Å². The number of amides is 1. The summed E-state index contributed by atoms with van der Waals surface area (Å²) in [4.78, 5) is 24.0. The van der Waals surface area contributed by atoms with Crippen LogP contribution in [-0.2, 0) is 4.79 Å². The number of rotatable bonds is 4. The minimum atomic E-state index is -0.471. The van der Waals surface area contributed by atoms with Gasteiger partial charge in [0.2, 0.25) is 5.91 Å². The maximum Gasteiger partial charge on any atom is 0.294 e. The van der Waals surface area contributed by atoms with Gasteiger partial charge in [-0.25, -0.2) is 0 Å². The van der Waals surface area contributed by atoms with Gasteiger partial charge in [-0.05, 0) is 47.8 Å². The molecule has 1 aromatic carbocycles. The van der Waals surface area contributed by atoms with Gasteiger partial charge in [0.15, 0.2) is 0 Å². The third-order valence-corrected chi connectivity index (χ3v) is 3.97. The van der Waals surface area contributed by atoms with Crippen LogP contribution in [0.2, 0.25) is 0 Å². The lowest BCUT2D eigenvalue weighted by Crippen LogP contribution is -2.31. The lowest BCUT2D eigenvalue weighted by molar-refractivity contribution is -0.384. The minimum absolute atomic E-state index is 0.0866. The second-order valence-corrected chi connectivity index (χ2v) is 5.61. The molecular weight excluding hydrogens is 324 g/mol. The van der Waals surface area contributed by atoms with Gasteiger partial charge in [-0.15, -0.1) is 0 Å². The molecule has 0 bridgehead atoms. The normalized spacial score (nSPS) is 10.2. The lowest BCUT2D eigenvalue weighted by Gasteiger charge is -2.23. The quantitative estimate of drug-likeness (QED) is 0.474. The molecule has 0 saturated heterocycles. The zero-order valence-electron chi connectivity index (χ0n) is 12.0. The van der Waals surface area contributed by atoms with E-state index in [0.717, 1.165) is 16.7 Å². The van der Waals surface area contributed by atoms with Crippen LogP contribution >= 0.6 is 15.9 Å². The molecule has 0 saturated carbocycles. The highest BCUT2D eigenvalue weighted by Gasteiger charge is 2.27. The summed E-state index contributed by atoms with van der Waals surface area (Å²) in [5.74, 6) is -0.264. The van der Waals surface area contributed by atoms with Gasteiger partial charge >= 0.3 is 0 Å². The predicted octanol–water partition coefficient (Wildman–Crippen LogP) is 3.90. The zero-order valence-corrected chi connectivity index (χ0v) is 13.6. The largest absolute Gasteiger partial charge is 0.302 e. The smallest absolute Gasteiger partial charge is 0.294 e. The molecule has 0 aliphatic rings. The molecule has 1 rings (SSSR count). The molecule has 108 valence electrons. The molecule has 0 atom stereocenters. The fraction of sp³-hybridized carbons (Fsp3) is 0.357. The van der Waals surface area contributed by atoms with Crippen molar-refractivity contribution in [3.05, 3.63) is 43.9 Å². The monoisotopic (exact) mass is 340 g/mol. The van der Waals surface area contributed by atoms with Crippen molar-refractivity contribution in [3.63, 3.8) is 0 Å². The molecule has 0 aromatic heterocycles. The Labute approximate surface area is 126 Å². The fourth-order valence-corrected chi connectivity index (χ4v) is 2.59. The standard InChI is InChI=1S/C14H17BrN2O3/c1-8(2)7-16(11(5)18)14-12(17(19)20)6-9(3)10(4)13(14)15/h6H,1,7H2,2-5H3. The van der Waals surface area contributed by atoms with Crippen molar-refractivity contribution in [2.24, 2.45) is 0 Å². The summed E-state index contributed by atoms with van der Waals surface area (Å²) in [7, 11) is 0. The summed E-state index contributed by atoms with van der Waals surface area (Å²) >= 11 is 3.38. The van der Waals surface area contributed by atoms with Crippen molar-refractivity contribution >= 4 is 33.2 Å². The van der Waals surface area contributed by atoms with Gasteiger partial charge in [0.25, 0.3) is 5.69 Å². The number of aryl methyl sites for hydroxylation is 1. The van der Waals surface area contributed by atoms with E-state index < -0.39 is 4.92 Å². The second-order valence-electron chi connectivity index (χ2n) is 4.82. The number of halogens is 1. The van der Waals surface area contributed by atoms with Crippen molar-refractivity contribution < 1.29 is 9.72 Å². The first kappa shape index (κ1) is 16.4. The summed E-state index contributed by atoms with van der Waals surface area (Å²) < 4.78 is 0.570. The Bertz CT molecular complexity index is 597. The van der Waals surface area contributed by atoms with E-state index in [9.17, 15) is 14.9 Å². The first-order chi connectivity index (χ1) is 9.16. The molecule has 1 aromatic rings. The number of hydrogen-bond acceptors (Lipinski definition) is 3. The Hall–Kier alpha value is -1.69. The van der Waals surface area contributed by atoms with Crippen molar-refractivity contribution in [3.8, 4) is 0 Å². The molecule has 0 aliphatic carbocycles. The number of nitrogens with zero attached hydrogens (tertiary/aromatic N) is 2. The number of nitro benzene ring substituents is 1. The van der Waals surface area contributed by atoms with Crippen molar-refractivity contribution in [2.45, 2.75) is 27.7 Å². The zero-order chi connectivity index (χ0) is 15.6. The van der Waals surface area contributed by atoms with E-state index in [0.29, 0.717) is 4.47 Å². The van der Waals surface area contributed by atoms with Crippen LogP contribution in [0.3, 0.4) is 0 Å². The highest BCUT2D eigenvalue weighted by Crippen LogP contribution is 2.40. The van der Waals surface area contributed by atoms with Gasteiger partial charge in [-0.3, -0.25) is 14.9 Å². The topological polar surface area (TPSA) is 63.5 Å². The molecular formula is C14H17BrN2O3. The average molecular weight is 341 g/mol. The molecule has 5 nitrogen and oxygen atoms in total. The Balaban J connectivity index is 3.62. The van der Waals surface area contributed by atoms with Crippen LogP contribution in [0.5, 0.6) is 0 Å². The van der Waals surface area contributed by atoms with Crippen LogP contribution in [-0.4, -0.2) is 17.4 Å². The Kier molecular flexibility index (Phi) is 5.05. The number of anilines is 1. The molecule has 0 fully saturated rings. The number of benzene rings is 1. The third kappa shape index (κ3) is 3.25. The summed E-state index contributed by atoms with van der Waals surface area (Å²) in [6, 6.07) is 1.49. The van der Waals surface area contributed by atoms with Crippen molar-refractivity contribution in [1.29, 1.82) is 0 Å². The summed E-state index contributed by atoms with van der Waals surface area (Å²) in [6.45, 7) is 10.8. The predicted molar refractivity (Wildman–Crippen MR) is 83.1 cm³/mol. The van der Waals surface area contributed by atoms with Crippen LogP contribution in [0.15, 0.2) is 22.7 Å². The van der Waals surface area contributed by atoms with Crippen LogP contribution in [0.1, 0.15) is 25.0 Å². The van der Waals surface area contributed by atoms with E-state index in [1.807, 2.05) is 6.92 Å². The van der Waals surface area contributed by atoms with Gasteiger partial charge < -0.3 is 4.90 Å². The Morgan fingerprint density at radius 3 is 2.40 bits per heavy atom. The maximum atomic E-state index is 11.8. The molecule has 0 N–H and O–H groups in total. The van der Waals surface area contributed by atoms with E-state index in [1.165, 1.54) is 17.9 Å². The van der Waals surface area contributed by atoms with Crippen LogP contribution in [0.4, 0.5) is 11.4 Å². The molecule has 6 heteroatoms. The highest BCUT2D eigenvalue weighted by atomic mass is 79.9. The second kappa shape index (κ2) is 6.17. The summed E-state index contributed by atoms with van der Waals surface area (Å²) in [5, 5.41) is 11.3. The number of carbonyl (C=O) groups excluding carboxylic acids is 1. The minimum Gasteiger partial charge on any atom is -0.302 e. The van der Waals surface area contributed by atoms with Crippen LogP contribution in [0.25, 0.3) is 0 Å². The number of carbonyl (C=O) groups is 1. The molecule has 1 amide bonds. The average Bonchev–Trinajstić information content (AvgIpc) is 2.32. The van der Waals surface area contributed by atoms with Crippen molar-refractivity contribution in [1.82, 2.24) is 0 Å². The summed E-state index contributed by atoms with van der Waals surface area (Å²) in [6.07, 6.45) is 0. The van der Waals surface area contributed by atoms with Crippen LogP contribution in [0, 0.1) is 24.0 Å². The van der Waals surface area contributed by atoms with Gasteiger partial charge in [-0.1, -0.05) is 12.2 Å². The van der Waals surface area contributed by atoms with E-state index in [1.54, 1.807) is 13.8 Å². The fourth-order valence-electron chi connectivity index (χ4n) is 1.86. The Morgan fingerprint density at radius 1 is 1.45 bits per heavy atom. The van der Waals surface area contributed by atoms with Gasteiger partial charge in [0.05, 0.1) is 9.40 Å². The van der Waals surface area contributed by atoms with E-state index >= 15 is 0 Å². The summed E-state index contributed by atoms with van der Waals surface area (Å²) in [5.41, 5.74) is 2.62. The van der Waals surface area contributed by atoms with Gasteiger partial charge in [-0.2, -0.15) is 0 Å². The molecule has 20 heavy (non-hydrogen) atoms. The number of nitro groups is 1. The molecule has 0 aliphatic heterocycles. The molecule has 0 spiro atoms. The molecule has 0 radical (unpaired) electrons. The Morgan fingerprint density at radius 2 is 2.00 bits per heavy atom. The SMILES string of the molecule is C=C(C)CN(C(C)=O)c1c([N+](=O)[O-])cc(C)c(C)c1Br. The lowest BCUT2D eigenvalue weighted by atomic mass is 10.1. The van der Waals surface area contributed by atoms with E-state index in [4.69, 9.17) is 0 Å². The number of hydrogen-bond donors (Lipinski definition) is 0.